The average Bonchev–Trinajstić information content (AvgIpc) is 3.08. The third-order valence-electron chi connectivity index (χ3n) is 8.14. The number of piperazine rings is 1. The molecule has 8 nitrogen and oxygen atoms in total. The first-order valence-electron chi connectivity index (χ1n) is 12.7. The molecule has 6 rings (SSSR count). The minimum Gasteiger partial charge on any atom is -0.454 e. The van der Waals surface area contributed by atoms with Crippen molar-refractivity contribution in [3.8, 4) is 0 Å². The third kappa shape index (κ3) is 5.39. The summed E-state index contributed by atoms with van der Waals surface area (Å²) in [7, 11) is 0. The number of esters is 1. The number of rotatable bonds is 7. The predicted octanol–water partition coefficient (Wildman–Crippen LogP) is 3.49. The fourth-order valence-electron chi connectivity index (χ4n) is 6.86. The monoisotopic (exact) mass is 553 g/mol. The summed E-state index contributed by atoms with van der Waals surface area (Å²) >= 11 is 0. The van der Waals surface area contributed by atoms with Gasteiger partial charge in [-0.05, 0) is 49.8 Å². The summed E-state index contributed by atoms with van der Waals surface area (Å²) in [5.41, 5.74) is 1.21. The van der Waals surface area contributed by atoms with Crippen LogP contribution >= 0.6 is 24.8 Å². The smallest absolute Gasteiger partial charge is 0.303 e. The number of allylic oxidation sites excluding steroid dienone is 1. The van der Waals surface area contributed by atoms with Crippen LogP contribution < -0.4 is 4.90 Å². The molecule has 37 heavy (non-hydrogen) atoms. The normalized spacial score (nSPS) is 30.8. The van der Waals surface area contributed by atoms with Crippen LogP contribution in [0.5, 0.6) is 0 Å². The second kappa shape index (κ2) is 11.7. The minimum absolute atomic E-state index is 0. The number of fused-ring (bicyclic) bond motifs is 1. The highest BCUT2D eigenvalue weighted by atomic mass is 35.5. The zero-order valence-electron chi connectivity index (χ0n) is 21.6. The van der Waals surface area contributed by atoms with Gasteiger partial charge in [0.2, 0.25) is 0 Å². The van der Waals surface area contributed by atoms with Crippen molar-refractivity contribution >= 4 is 48.3 Å². The van der Waals surface area contributed by atoms with E-state index in [4.69, 9.17) is 9.57 Å². The number of hydroxylamine groups is 2. The lowest BCUT2D eigenvalue weighted by molar-refractivity contribution is -0.191. The van der Waals surface area contributed by atoms with E-state index in [1.165, 1.54) is 12.6 Å². The molecule has 2 heterocycles. The van der Waals surface area contributed by atoms with E-state index in [1.807, 2.05) is 19.1 Å². The molecular weight excluding hydrogens is 517 g/mol. The Morgan fingerprint density at radius 1 is 1.03 bits per heavy atom. The standard InChI is InChI=1S/C27H35N3O5.2ClH/c1-18-16-27(35-20(3)31)17-19(2)22(18)23-24(27)26(33)30(25(23)32)34-15-7-10-28-11-13-29(14-12-28)21-8-5-4-6-9-21;;/h4-6,8-9,16,19,22-24H,7,10-15,17H2,1-3H3;2*1H/t19?,22-,23?,24?,27-;;/m1../s1. The Bertz CT molecular complexity index is 1030. The Morgan fingerprint density at radius 3 is 2.32 bits per heavy atom. The molecule has 1 aromatic carbocycles. The first-order chi connectivity index (χ1) is 16.8. The van der Waals surface area contributed by atoms with Gasteiger partial charge in [0.05, 0.1) is 18.4 Å². The number of imide groups is 1. The SMILES string of the molecule is CC(=O)O[C@]12C=C(C)[C@H](C(C)C1)C1C(=O)N(OCCCN3CCN(c4ccccc4)CC3)C(=O)C12.Cl.Cl. The molecule has 0 spiro atoms. The van der Waals surface area contributed by atoms with Gasteiger partial charge in [0, 0.05) is 45.3 Å². The van der Waals surface area contributed by atoms with Gasteiger partial charge in [0.1, 0.15) is 5.60 Å². The van der Waals surface area contributed by atoms with Gasteiger partial charge in [0.15, 0.2) is 0 Å². The quantitative estimate of drug-likeness (QED) is 0.221. The number of hydrogen-bond donors (Lipinski definition) is 0. The zero-order chi connectivity index (χ0) is 24.7. The van der Waals surface area contributed by atoms with Crippen LogP contribution in [-0.2, 0) is 24.0 Å². The summed E-state index contributed by atoms with van der Waals surface area (Å²) in [5.74, 6) is -2.21. The van der Waals surface area contributed by atoms with Gasteiger partial charge in [-0.25, -0.2) is 0 Å². The molecule has 1 saturated carbocycles. The van der Waals surface area contributed by atoms with Gasteiger partial charge >= 0.3 is 5.97 Å². The maximum atomic E-state index is 13.4. The molecule has 5 atom stereocenters. The van der Waals surface area contributed by atoms with E-state index in [1.54, 1.807) is 0 Å². The van der Waals surface area contributed by atoms with Crippen molar-refractivity contribution < 1.29 is 24.0 Å². The van der Waals surface area contributed by atoms with E-state index in [2.05, 4.69) is 41.0 Å². The average molecular weight is 555 g/mol. The number of benzene rings is 1. The Balaban J connectivity index is 0.00000190. The van der Waals surface area contributed by atoms with Crippen molar-refractivity contribution in [3.63, 3.8) is 0 Å². The molecule has 1 aromatic rings. The van der Waals surface area contributed by atoms with Crippen molar-refractivity contribution in [2.75, 3.05) is 44.2 Å². The van der Waals surface area contributed by atoms with Crippen molar-refractivity contribution in [2.45, 2.75) is 39.2 Å². The zero-order valence-corrected chi connectivity index (χ0v) is 23.3. The molecule has 2 aliphatic heterocycles. The molecular formula is C27H37Cl2N3O5. The van der Waals surface area contributed by atoms with Crippen LogP contribution in [0, 0.1) is 23.7 Å². The van der Waals surface area contributed by atoms with E-state index >= 15 is 0 Å². The van der Waals surface area contributed by atoms with E-state index in [0.717, 1.165) is 49.8 Å². The number of nitrogens with zero attached hydrogens (tertiary/aromatic N) is 3. The Hall–Kier alpha value is -2.13. The molecule has 3 unspecified atom stereocenters. The molecule has 0 radical (unpaired) electrons. The molecule has 2 amide bonds. The number of amides is 2. The lowest BCUT2D eigenvalue weighted by atomic mass is 9.54. The fraction of sp³-hybridized carbons (Fsp3) is 0.593. The lowest BCUT2D eigenvalue weighted by Crippen LogP contribution is -2.57. The topological polar surface area (TPSA) is 79.4 Å². The van der Waals surface area contributed by atoms with E-state index in [9.17, 15) is 14.4 Å². The number of carbonyl (C=O) groups excluding carboxylic acids is 3. The predicted molar refractivity (Wildman–Crippen MR) is 145 cm³/mol. The van der Waals surface area contributed by atoms with Crippen molar-refractivity contribution in [1.82, 2.24) is 9.96 Å². The second-order valence-corrected chi connectivity index (χ2v) is 10.5. The minimum atomic E-state index is -1.06. The maximum absolute atomic E-state index is 13.4. The van der Waals surface area contributed by atoms with Gasteiger partial charge in [0.25, 0.3) is 11.8 Å². The number of halogens is 2. The Morgan fingerprint density at radius 2 is 1.70 bits per heavy atom. The third-order valence-corrected chi connectivity index (χ3v) is 8.14. The molecule has 204 valence electrons. The summed E-state index contributed by atoms with van der Waals surface area (Å²) in [4.78, 5) is 49.2. The molecule has 3 fully saturated rings. The van der Waals surface area contributed by atoms with Crippen LogP contribution in [0.3, 0.4) is 0 Å². The first-order valence-corrected chi connectivity index (χ1v) is 12.7. The maximum Gasteiger partial charge on any atom is 0.303 e. The first kappa shape index (κ1) is 29.4. The van der Waals surface area contributed by atoms with Gasteiger partial charge in [-0.15, -0.1) is 24.8 Å². The number of hydrogen-bond acceptors (Lipinski definition) is 7. The van der Waals surface area contributed by atoms with Crippen LogP contribution in [0.2, 0.25) is 0 Å². The Labute approximate surface area is 231 Å². The van der Waals surface area contributed by atoms with Crippen molar-refractivity contribution in [1.29, 1.82) is 0 Å². The van der Waals surface area contributed by atoms with E-state index in [0.29, 0.717) is 13.0 Å². The summed E-state index contributed by atoms with van der Waals surface area (Å²) in [6.45, 7) is 10.4. The van der Waals surface area contributed by atoms with Gasteiger partial charge in [-0.1, -0.05) is 30.7 Å². The number of carbonyl (C=O) groups is 3. The van der Waals surface area contributed by atoms with E-state index < -0.39 is 23.4 Å². The molecule has 5 aliphatic rings. The lowest BCUT2D eigenvalue weighted by Gasteiger charge is -2.52. The van der Waals surface area contributed by atoms with Gasteiger partial charge < -0.3 is 9.64 Å². The molecule has 3 aliphatic carbocycles. The molecule has 10 heteroatoms. The summed E-state index contributed by atoms with van der Waals surface area (Å²) in [5, 5.41) is 0.971. The van der Waals surface area contributed by atoms with Crippen LogP contribution in [-0.4, -0.2) is 72.7 Å². The van der Waals surface area contributed by atoms with Crippen LogP contribution in [0.15, 0.2) is 42.0 Å². The van der Waals surface area contributed by atoms with Crippen LogP contribution in [0.1, 0.15) is 33.6 Å². The van der Waals surface area contributed by atoms with Crippen LogP contribution in [0.25, 0.3) is 0 Å². The largest absolute Gasteiger partial charge is 0.454 e. The fourth-order valence-corrected chi connectivity index (χ4v) is 6.86. The number of ether oxygens (including phenoxy) is 1. The Kier molecular flexibility index (Phi) is 9.32. The van der Waals surface area contributed by atoms with E-state index in [-0.39, 0.29) is 48.5 Å². The summed E-state index contributed by atoms with van der Waals surface area (Å²) < 4.78 is 5.75. The highest BCUT2D eigenvalue weighted by Gasteiger charge is 2.68. The molecule has 2 saturated heterocycles. The highest BCUT2D eigenvalue weighted by molar-refractivity contribution is 6.05. The second-order valence-electron chi connectivity index (χ2n) is 10.5. The van der Waals surface area contributed by atoms with Crippen LogP contribution in [0.4, 0.5) is 5.69 Å². The molecule has 0 N–H and O–H groups in total. The van der Waals surface area contributed by atoms with Gasteiger partial charge in [-0.2, -0.15) is 5.06 Å². The van der Waals surface area contributed by atoms with Crippen molar-refractivity contribution in [3.05, 3.63) is 42.0 Å². The highest BCUT2D eigenvalue weighted by Crippen LogP contribution is 2.58. The molecule has 2 bridgehead atoms. The number of anilines is 1. The molecule has 0 aromatic heterocycles. The number of para-hydroxylation sites is 1. The van der Waals surface area contributed by atoms with Crippen molar-refractivity contribution in [2.24, 2.45) is 23.7 Å². The van der Waals surface area contributed by atoms with Gasteiger partial charge in [-0.3, -0.25) is 24.1 Å². The summed E-state index contributed by atoms with van der Waals surface area (Å²) in [6.07, 6.45) is 3.19. The summed E-state index contributed by atoms with van der Waals surface area (Å²) in [6, 6.07) is 10.4.